The molecule has 1 nitrogen and oxygen atoms in total. The van der Waals surface area contributed by atoms with E-state index in [1.807, 2.05) is 4.98 Å². The number of rotatable bonds is 1. The van der Waals surface area contributed by atoms with E-state index in [0.29, 0.717) is 0 Å². The Kier molecular flexibility index (Phi) is 3.46. The van der Waals surface area contributed by atoms with Crippen molar-refractivity contribution in [2.75, 3.05) is 0 Å². The second kappa shape index (κ2) is 4.23. The number of aromatic nitrogens is 1. The van der Waals surface area contributed by atoms with Crippen LogP contribution >= 0.6 is 0 Å². The molecular formula is C8HF10N. The predicted octanol–water partition coefficient (Wildman–Crippen LogP) is 3.79. The average molecular weight is 301 g/mol. The van der Waals surface area contributed by atoms with E-state index in [4.69, 9.17) is 0 Å². The van der Waals surface area contributed by atoms with E-state index < -0.39 is 47.4 Å². The molecule has 1 rings (SSSR count). The van der Waals surface area contributed by atoms with Gasteiger partial charge in [0.1, 0.15) is 5.69 Å². The van der Waals surface area contributed by atoms with E-state index >= 15 is 0 Å². The first-order valence-electron chi connectivity index (χ1n) is 4.16. The van der Waals surface area contributed by atoms with Gasteiger partial charge in [0.25, 0.3) is 0 Å². The van der Waals surface area contributed by atoms with Gasteiger partial charge >= 0.3 is 18.0 Å². The Morgan fingerprint density at radius 3 is 1.53 bits per heavy atom. The minimum absolute atomic E-state index is 0.487. The highest BCUT2D eigenvalue weighted by Gasteiger charge is 2.75. The molecular weight excluding hydrogens is 300 g/mol. The molecule has 0 aliphatic carbocycles. The minimum atomic E-state index is -6.66. The molecule has 0 aromatic carbocycles. The van der Waals surface area contributed by atoms with Crippen molar-refractivity contribution in [2.24, 2.45) is 0 Å². The average Bonchev–Trinajstić information content (AvgIpc) is 2.22. The number of hydrogen-bond donors (Lipinski definition) is 0. The quantitative estimate of drug-likeness (QED) is 0.719. The van der Waals surface area contributed by atoms with Crippen molar-refractivity contribution in [3.05, 3.63) is 29.3 Å². The van der Waals surface area contributed by atoms with E-state index in [1.165, 1.54) is 0 Å². The Hall–Kier alpha value is -1.55. The van der Waals surface area contributed by atoms with Gasteiger partial charge in [0.2, 0.25) is 0 Å². The van der Waals surface area contributed by atoms with Gasteiger partial charge in [0.05, 0.1) is 6.20 Å². The van der Waals surface area contributed by atoms with Gasteiger partial charge in [-0.2, -0.15) is 26.3 Å². The Morgan fingerprint density at radius 2 is 1.16 bits per heavy atom. The third-order valence-corrected chi connectivity index (χ3v) is 2.02. The van der Waals surface area contributed by atoms with Gasteiger partial charge in [0, 0.05) is 0 Å². The Labute approximate surface area is 97.4 Å². The molecule has 108 valence electrons. The van der Waals surface area contributed by atoms with Crippen LogP contribution in [0.25, 0.3) is 0 Å². The summed E-state index contributed by atoms with van der Waals surface area (Å²) in [5.41, 5.74) is -9.19. The smallest absolute Gasteiger partial charge is 0.251 e. The van der Waals surface area contributed by atoms with Crippen LogP contribution < -0.4 is 0 Å². The summed E-state index contributed by atoms with van der Waals surface area (Å²) in [6.07, 6.45) is -13.8. The van der Waals surface area contributed by atoms with E-state index in [1.54, 1.807) is 0 Å². The number of alkyl halides is 7. The molecule has 1 aromatic heterocycles. The summed E-state index contributed by atoms with van der Waals surface area (Å²) in [4.78, 5) is 2.04. The summed E-state index contributed by atoms with van der Waals surface area (Å²) in [6.45, 7) is 0. The standard InChI is InChI=1S/C8HF10N/c9-2-1-19-5(4(11)3(2)10)6(12,7(13,14)15)8(16,17)18/h1H. The van der Waals surface area contributed by atoms with Crippen LogP contribution in [0, 0.1) is 17.5 Å². The first kappa shape index (κ1) is 15.5. The highest BCUT2D eigenvalue weighted by Crippen LogP contribution is 2.53. The van der Waals surface area contributed by atoms with Gasteiger partial charge in [-0.15, -0.1) is 0 Å². The monoisotopic (exact) mass is 301 g/mol. The molecule has 0 radical (unpaired) electrons. The SMILES string of the molecule is Fc1cnc(C(F)(C(F)(F)F)C(F)(F)F)c(F)c1F. The molecule has 0 N–H and O–H groups in total. The molecule has 19 heavy (non-hydrogen) atoms. The summed E-state index contributed by atoms with van der Waals surface area (Å²) in [5, 5.41) is 0. The van der Waals surface area contributed by atoms with Crippen molar-refractivity contribution >= 4 is 0 Å². The molecule has 0 amide bonds. The fraction of sp³-hybridized carbons (Fsp3) is 0.375. The Bertz CT molecular complexity index is 474. The maximum Gasteiger partial charge on any atom is 0.437 e. The molecule has 0 saturated carbocycles. The minimum Gasteiger partial charge on any atom is -0.251 e. The number of halogens is 10. The van der Waals surface area contributed by atoms with Crippen molar-refractivity contribution in [1.82, 2.24) is 4.98 Å². The highest BCUT2D eigenvalue weighted by atomic mass is 19.4. The van der Waals surface area contributed by atoms with Crippen molar-refractivity contribution < 1.29 is 43.9 Å². The van der Waals surface area contributed by atoms with Gasteiger partial charge in [-0.3, -0.25) is 4.98 Å². The summed E-state index contributed by atoms with van der Waals surface area (Å²) in [5.74, 6) is -7.86. The van der Waals surface area contributed by atoms with Crippen molar-refractivity contribution in [3.63, 3.8) is 0 Å². The maximum atomic E-state index is 13.3. The van der Waals surface area contributed by atoms with E-state index in [2.05, 4.69) is 0 Å². The molecule has 1 heterocycles. The second-order valence-electron chi connectivity index (χ2n) is 3.24. The van der Waals surface area contributed by atoms with Crippen molar-refractivity contribution in [1.29, 1.82) is 0 Å². The lowest BCUT2D eigenvalue weighted by Crippen LogP contribution is -2.51. The molecule has 0 spiro atoms. The van der Waals surface area contributed by atoms with Gasteiger partial charge < -0.3 is 0 Å². The maximum absolute atomic E-state index is 13.3. The number of nitrogens with zero attached hydrogens (tertiary/aromatic N) is 1. The van der Waals surface area contributed by atoms with E-state index in [-0.39, 0.29) is 0 Å². The molecule has 0 aliphatic heterocycles. The summed E-state index contributed by atoms with van der Waals surface area (Å²) >= 11 is 0. The van der Waals surface area contributed by atoms with Gasteiger partial charge in [-0.05, 0) is 0 Å². The molecule has 0 bridgehead atoms. The molecule has 11 heteroatoms. The summed E-state index contributed by atoms with van der Waals surface area (Å²) in [6, 6.07) is 0. The summed E-state index contributed by atoms with van der Waals surface area (Å²) in [7, 11) is 0. The molecule has 0 aliphatic rings. The van der Waals surface area contributed by atoms with Crippen molar-refractivity contribution in [2.45, 2.75) is 18.0 Å². The first-order valence-corrected chi connectivity index (χ1v) is 4.16. The van der Waals surface area contributed by atoms with E-state index in [0.717, 1.165) is 0 Å². The van der Waals surface area contributed by atoms with Crippen LogP contribution in [0.4, 0.5) is 43.9 Å². The lowest BCUT2D eigenvalue weighted by atomic mass is 9.99. The largest absolute Gasteiger partial charge is 0.437 e. The van der Waals surface area contributed by atoms with Crippen LogP contribution in [0.5, 0.6) is 0 Å². The van der Waals surface area contributed by atoms with E-state index in [9.17, 15) is 43.9 Å². The predicted molar refractivity (Wildman–Crippen MR) is 39.0 cm³/mol. The Morgan fingerprint density at radius 1 is 0.737 bits per heavy atom. The zero-order valence-electron chi connectivity index (χ0n) is 8.30. The van der Waals surface area contributed by atoms with Crippen LogP contribution in [-0.2, 0) is 5.67 Å². The molecule has 0 atom stereocenters. The third-order valence-electron chi connectivity index (χ3n) is 2.02. The third kappa shape index (κ3) is 2.21. The van der Waals surface area contributed by atoms with Gasteiger partial charge in [0.15, 0.2) is 17.5 Å². The Balaban J connectivity index is 3.67. The molecule has 0 saturated heterocycles. The van der Waals surface area contributed by atoms with Gasteiger partial charge in [-0.1, -0.05) is 0 Å². The fourth-order valence-corrected chi connectivity index (χ4v) is 1.11. The summed E-state index contributed by atoms with van der Waals surface area (Å²) < 4.78 is 124. The van der Waals surface area contributed by atoms with Crippen LogP contribution in [0.3, 0.4) is 0 Å². The van der Waals surface area contributed by atoms with Crippen LogP contribution in [0.1, 0.15) is 5.69 Å². The first-order chi connectivity index (χ1) is 8.34. The van der Waals surface area contributed by atoms with Gasteiger partial charge in [-0.25, -0.2) is 17.6 Å². The lowest BCUT2D eigenvalue weighted by Gasteiger charge is -2.29. The number of hydrogen-bond acceptors (Lipinski definition) is 1. The molecule has 0 fully saturated rings. The van der Waals surface area contributed by atoms with Crippen molar-refractivity contribution in [3.8, 4) is 0 Å². The topological polar surface area (TPSA) is 12.9 Å². The normalized spacial score (nSPS) is 13.8. The van der Waals surface area contributed by atoms with Crippen LogP contribution in [0.2, 0.25) is 0 Å². The lowest BCUT2D eigenvalue weighted by molar-refractivity contribution is -0.350. The second-order valence-corrected chi connectivity index (χ2v) is 3.24. The van der Waals surface area contributed by atoms with Crippen LogP contribution in [-0.4, -0.2) is 17.3 Å². The highest BCUT2D eigenvalue weighted by molar-refractivity contribution is 5.22. The van der Waals surface area contributed by atoms with Crippen LogP contribution in [0.15, 0.2) is 6.20 Å². The zero-order valence-corrected chi connectivity index (χ0v) is 8.30. The number of pyridine rings is 1. The molecule has 0 unspecified atom stereocenters. The molecule has 1 aromatic rings. The fourth-order valence-electron chi connectivity index (χ4n) is 1.11. The zero-order chi connectivity index (χ0) is 15.2.